The zero-order chi connectivity index (χ0) is 14.2. The first-order valence-corrected chi connectivity index (χ1v) is 5.77. The molecule has 0 saturated carbocycles. The van der Waals surface area contributed by atoms with Gasteiger partial charge in [0.25, 0.3) is 0 Å². The number of rotatable bonds is 4. The lowest BCUT2D eigenvalue weighted by Crippen LogP contribution is -2.35. The Morgan fingerprint density at radius 3 is 2.47 bits per heavy atom. The molecule has 0 aromatic carbocycles. The quantitative estimate of drug-likeness (QED) is 0.517. The Bertz CT molecular complexity index is 405. The lowest BCUT2D eigenvalue weighted by atomic mass is 10.1. The van der Waals surface area contributed by atoms with Gasteiger partial charge in [-0.2, -0.15) is 0 Å². The van der Waals surface area contributed by atoms with Gasteiger partial charge in [0.05, 0.1) is 0 Å². The van der Waals surface area contributed by atoms with Crippen LogP contribution in [0.3, 0.4) is 0 Å². The Balaban J connectivity index is 2.13. The number of methoxy groups -OCH3 is 2. The topological polar surface area (TPSA) is 80.3 Å². The molecule has 0 aromatic rings. The fourth-order valence-corrected chi connectivity index (χ4v) is 2.13. The largest absolute Gasteiger partial charge is 0.454 e. The zero-order valence-corrected chi connectivity index (χ0v) is 11.0. The molecule has 0 amide bonds. The highest BCUT2D eigenvalue weighted by molar-refractivity contribution is 5.90. The lowest BCUT2D eigenvalue weighted by molar-refractivity contribution is -0.188. The highest BCUT2D eigenvalue weighted by atomic mass is 16.7. The van der Waals surface area contributed by atoms with Gasteiger partial charge in [-0.15, -0.1) is 0 Å². The highest BCUT2D eigenvalue weighted by Gasteiger charge is 2.59. The Kier molecular flexibility index (Phi) is 3.88. The molecule has 5 unspecified atom stereocenters. The fourth-order valence-electron chi connectivity index (χ4n) is 2.13. The molecule has 0 spiro atoms. The van der Waals surface area contributed by atoms with Crippen LogP contribution in [0.25, 0.3) is 0 Å². The minimum atomic E-state index is -1.12. The maximum Gasteiger partial charge on any atom is 0.350 e. The van der Waals surface area contributed by atoms with E-state index in [1.54, 1.807) is 0 Å². The third-order valence-corrected chi connectivity index (χ3v) is 3.08. The van der Waals surface area contributed by atoms with E-state index in [1.165, 1.54) is 21.1 Å². The summed E-state index contributed by atoms with van der Waals surface area (Å²) in [5, 5.41) is 0. The smallest absolute Gasteiger partial charge is 0.350 e. The molecule has 19 heavy (non-hydrogen) atoms. The average molecular weight is 272 g/mol. The normalized spacial score (nSPS) is 36.8. The standard InChI is InChI=1S/C12H16O7/c1-5(2)10(13)18-8-6-7(17-11(8)14)9(15-3)12(16-4)19-6/h6-9,12H,1H2,2-4H3. The molecule has 2 rings (SSSR count). The van der Waals surface area contributed by atoms with Crippen LogP contribution in [-0.4, -0.2) is 56.9 Å². The third kappa shape index (κ3) is 2.36. The third-order valence-electron chi connectivity index (χ3n) is 3.08. The van der Waals surface area contributed by atoms with E-state index in [0.717, 1.165) is 0 Å². The molecule has 2 fully saturated rings. The Morgan fingerprint density at radius 1 is 1.26 bits per heavy atom. The van der Waals surface area contributed by atoms with Gasteiger partial charge in [-0.3, -0.25) is 0 Å². The molecule has 0 radical (unpaired) electrons. The molecular weight excluding hydrogens is 256 g/mol. The molecular formula is C12H16O7. The molecule has 2 heterocycles. The monoisotopic (exact) mass is 272 g/mol. The molecule has 2 saturated heterocycles. The second-order valence-electron chi connectivity index (χ2n) is 4.41. The van der Waals surface area contributed by atoms with Crippen LogP contribution in [-0.2, 0) is 33.3 Å². The summed E-state index contributed by atoms with van der Waals surface area (Å²) in [6.07, 6.45) is -3.71. The molecule has 0 aliphatic carbocycles. The van der Waals surface area contributed by atoms with Crippen LogP contribution < -0.4 is 0 Å². The van der Waals surface area contributed by atoms with Gasteiger partial charge in [0.15, 0.2) is 12.4 Å². The van der Waals surface area contributed by atoms with Crippen LogP contribution in [0.4, 0.5) is 0 Å². The minimum absolute atomic E-state index is 0.195. The van der Waals surface area contributed by atoms with Crippen LogP contribution >= 0.6 is 0 Å². The fraction of sp³-hybridized carbons (Fsp3) is 0.667. The summed E-state index contributed by atoms with van der Waals surface area (Å²) in [6.45, 7) is 4.94. The van der Waals surface area contributed by atoms with E-state index in [1.807, 2.05) is 0 Å². The summed E-state index contributed by atoms with van der Waals surface area (Å²) in [5.74, 6) is -1.32. The molecule has 0 aromatic heterocycles. The molecule has 0 bridgehead atoms. The van der Waals surface area contributed by atoms with Crippen molar-refractivity contribution in [3.63, 3.8) is 0 Å². The molecule has 0 N–H and O–H groups in total. The van der Waals surface area contributed by atoms with E-state index in [0.29, 0.717) is 0 Å². The van der Waals surface area contributed by atoms with Gasteiger partial charge >= 0.3 is 11.9 Å². The van der Waals surface area contributed by atoms with Crippen molar-refractivity contribution in [2.75, 3.05) is 14.2 Å². The first kappa shape index (κ1) is 14.0. The van der Waals surface area contributed by atoms with Crippen molar-refractivity contribution < 1.29 is 33.3 Å². The first-order chi connectivity index (χ1) is 8.99. The van der Waals surface area contributed by atoms with Crippen molar-refractivity contribution in [2.45, 2.75) is 37.6 Å². The summed E-state index contributed by atoms with van der Waals surface area (Å²) in [4.78, 5) is 23.2. The van der Waals surface area contributed by atoms with Gasteiger partial charge < -0.3 is 23.7 Å². The Hall–Kier alpha value is -1.44. The number of fused-ring (bicyclic) bond motifs is 1. The van der Waals surface area contributed by atoms with Crippen molar-refractivity contribution >= 4 is 11.9 Å². The van der Waals surface area contributed by atoms with Gasteiger partial charge in [0.2, 0.25) is 6.10 Å². The van der Waals surface area contributed by atoms with E-state index in [2.05, 4.69) is 6.58 Å². The average Bonchev–Trinajstić information content (AvgIpc) is 2.85. The Labute approximate surface area is 110 Å². The molecule has 7 nitrogen and oxygen atoms in total. The zero-order valence-electron chi connectivity index (χ0n) is 11.0. The number of hydrogen-bond acceptors (Lipinski definition) is 7. The summed E-state index contributed by atoms with van der Waals surface area (Å²) in [5.41, 5.74) is 0.195. The number of ether oxygens (including phenoxy) is 5. The summed E-state index contributed by atoms with van der Waals surface area (Å²) in [7, 11) is 2.91. The van der Waals surface area contributed by atoms with Gasteiger partial charge in [0.1, 0.15) is 12.2 Å². The van der Waals surface area contributed by atoms with Crippen LogP contribution in [0.15, 0.2) is 12.2 Å². The van der Waals surface area contributed by atoms with Crippen molar-refractivity contribution in [2.24, 2.45) is 0 Å². The number of esters is 2. The Morgan fingerprint density at radius 2 is 1.95 bits per heavy atom. The van der Waals surface area contributed by atoms with E-state index in [4.69, 9.17) is 23.7 Å². The summed E-state index contributed by atoms with van der Waals surface area (Å²) >= 11 is 0. The molecule has 2 aliphatic rings. The second-order valence-corrected chi connectivity index (χ2v) is 4.41. The van der Waals surface area contributed by atoms with Gasteiger partial charge in [-0.25, -0.2) is 9.59 Å². The molecule has 7 heteroatoms. The maximum absolute atomic E-state index is 11.7. The predicted molar refractivity (Wildman–Crippen MR) is 61.0 cm³/mol. The summed E-state index contributed by atoms with van der Waals surface area (Å²) < 4.78 is 26.0. The molecule has 106 valence electrons. The SMILES string of the molecule is C=C(C)C(=O)OC1C(=O)OC2C(OC)C(OC)OC12. The lowest BCUT2D eigenvalue weighted by Gasteiger charge is -2.19. The van der Waals surface area contributed by atoms with Crippen molar-refractivity contribution in [3.05, 3.63) is 12.2 Å². The second kappa shape index (κ2) is 5.28. The van der Waals surface area contributed by atoms with Crippen LogP contribution in [0, 0.1) is 0 Å². The van der Waals surface area contributed by atoms with Gasteiger partial charge in [-0.05, 0) is 6.92 Å². The van der Waals surface area contributed by atoms with Crippen LogP contribution in [0.1, 0.15) is 6.92 Å². The van der Waals surface area contributed by atoms with Crippen LogP contribution in [0.2, 0.25) is 0 Å². The highest BCUT2D eigenvalue weighted by Crippen LogP contribution is 2.35. The van der Waals surface area contributed by atoms with E-state index in [-0.39, 0.29) is 5.57 Å². The molecule has 5 atom stereocenters. The number of carbonyl (C=O) groups excluding carboxylic acids is 2. The van der Waals surface area contributed by atoms with Crippen molar-refractivity contribution in [3.8, 4) is 0 Å². The number of carbonyl (C=O) groups is 2. The van der Waals surface area contributed by atoms with E-state index in [9.17, 15) is 9.59 Å². The van der Waals surface area contributed by atoms with E-state index >= 15 is 0 Å². The van der Waals surface area contributed by atoms with Crippen molar-refractivity contribution in [1.29, 1.82) is 0 Å². The van der Waals surface area contributed by atoms with Crippen LogP contribution in [0.5, 0.6) is 0 Å². The van der Waals surface area contributed by atoms with Crippen molar-refractivity contribution in [1.82, 2.24) is 0 Å². The maximum atomic E-state index is 11.7. The van der Waals surface area contributed by atoms with Gasteiger partial charge in [0, 0.05) is 19.8 Å². The summed E-state index contributed by atoms with van der Waals surface area (Å²) in [6, 6.07) is 0. The predicted octanol–water partition coefficient (Wildman–Crippen LogP) is -0.214. The van der Waals surface area contributed by atoms with Gasteiger partial charge in [-0.1, -0.05) is 6.58 Å². The number of hydrogen-bond donors (Lipinski definition) is 0. The minimum Gasteiger partial charge on any atom is -0.454 e. The molecule has 2 aliphatic heterocycles. The van der Waals surface area contributed by atoms with E-state index < -0.39 is 42.6 Å². The first-order valence-electron chi connectivity index (χ1n) is 5.77.